The van der Waals surface area contributed by atoms with Gasteiger partial charge < -0.3 is 10.1 Å². The van der Waals surface area contributed by atoms with Crippen LogP contribution in [-0.4, -0.2) is 24.8 Å². The number of hydrogen-bond acceptors (Lipinski definition) is 2. The van der Waals surface area contributed by atoms with Crippen molar-refractivity contribution >= 4 is 0 Å². The van der Waals surface area contributed by atoms with E-state index in [4.69, 9.17) is 4.74 Å². The van der Waals surface area contributed by atoms with Crippen molar-refractivity contribution in [1.82, 2.24) is 5.32 Å². The molecule has 1 atom stereocenters. The van der Waals surface area contributed by atoms with Gasteiger partial charge in [-0.1, -0.05) is 40.0 Å². The zero-order valence-corrected chi connectivity index (χ0v) is 11.1. The largest absolute Gasteiger partial charge is 0.372 e. The molecule has 0 aromatic heterocycles. The molecule has 94 valence electrons. The summed E-state index contributed by atoms with van der Waals surface area (Å²) in [6.07, 6.45) is 7.75. The molecule has 1 unspecified atom stereocenters. The number of nitrogens with one attached hydrogen (secondary N) is 1. The van der Waals surface area contributed by atoms with E-state index in [1.165, 1.54) is 38.5 Å². The molecule has 0 amide bonds. The average molecular weight is 225 g/mol. The fourth-order valence-corrected chi connectivity index (χ4v) is 3.20. The van der Waals surface area contributed by atoms with E-state index in [2.05, 4.69) is 26.1 Å². The van der Waals surface area contributed by atoms with E-state index in [9.17, 15) is 0 Å². The Morgan fingerprint density at radius 3 is 2.62 bits per heavy atom. The molecule has 1 saturated heterocycles. The third-order valence-electron chi connectivity index (χ3n) is 4.68. The fourth-order valence-electron chi connectivity index (χ4n) is 3.20. The molecule has 2 heteroatoms. The summed E-state index contributed by atoms with van der Waals surface area (Å²) in [5, 5.41) is 3.72. The summed E-state index contributed by atoms with van der Waals surface area (Å²) in [7, 11) is 0. The maximum absolute atomic E-state index is 6.17. The second kappa shape index (κ2) is 4.66. The Kier molecular flexibility index (Phi) is 3.60. The molecule has 2 fully saturated rings. The third-order valence-corrected chi connectivity index (χ3v) is 4.68. The second-order valence-electron chi connectivity index (χ2n) is 6.35. The predicted molar refractivity (Wildman–Crippen MR) is 67.6 cm³/mol. The van der Waals surface area contributed by atoms with Crippen LogP contribution in [-0.2, 0) is 4.74 Å². The molecule has 1 heterocycles. The molecule has 0 bridgehead atoms. The number of rotatable bonds is 3. The van der Waals surface area contributed by atoms with Crippen LogP contribution in [0.5, 0.6) is 0 Å². The van der Waals surface area contributed by atoms with Crippen molar-refractivity contribution in [3.8, 4) is 0 Å². The van der Waals surface area contributed by atoms with E-state index in [0.717, 1.165) is 13.2 Å². The summed E-state index contributed by atoms with van der Waals surface area (Å²) in [6.45, 7) is 9.00. The van der Waals surface area contributed by atoms with Gasteiger partial charge in [-0.2, -0.15) is 0 Å². The highest BCUT2D eigenvalue weighted by Crippen LogP contribution is 2.41. The van der Waals surface area contributed by atoms with Crippen LogP contribution in [0, 0.1) is 5.41 Å². The molecule has 0 aromatic carbocycles. The molecule has 1 aliphatic heterocycles. The van der Waals surface area contributed by atoms with E-state index < -0.39 is 0 Å². The first kappa shape index (κ1) is 12.4. The maximum Gasteiger partial charge on any atom is 0.0835 e. The SMILES string of the molecule is CCC(C)(C)CC1NCCOC12CCCC2. The van der Waals surface area contributed by atoms with Crippen molar-refractivity contribution in [2.75, 3.05) is 13.2 Å². The summed E-state index contributed by atoms with van der Waals surface area (Å²) in [6, 6.07) is 0.582. The third kappa shape index (κ3) is 2.43. The van der Waals surface area contributed by atoms with Gasteiger partial charge in [-0.25, -0.2) is 0 Å². The maximum atomic E-state index is 6.17. The zero-order chi connectivity index (χ0) is 11.6. The van der Waals surface area contributed by atoms with E-state index in [1.807, 2.05) is 0 Å². The van der Waals surface area contributed by atoms with Gasteiger partial charge in [0.1, 0.15) is 0 Å². The molecule has 1 saturated carbocycles. The van der Waals surface area contributed by atoms with Crippen molar-refractivity contribution in [2.24, 2.45) is 5.41 Å². The Bertz CT molecular complexity index is 231. The molecule has 1 spiro atoms. The van der Waals surface area contributed by atoms with Gasteiger partial charge >= 0.3 is 0 Å². The summed E-state index contributed by atoms with van der Waals surface area (Å²) >= 11 is 0. The quantitative estimate of drug-likeness (QED) is 0.797. The Morgan fingerprint density at radius 2 is 2.00 bits per heavy atom. The highest BCUT2D eigenvalue weighted by molar-refractivity contribution is 5.00. The molecule has 2 rings (SSSR count). The van der Waals surface area contributed by atoms with Crippen molar-refractivity contribution in [1.29, 1.82) is 0 Å². The lowest BCUT2D eigenvalue weighted by molar-refractivity contribution is -0.101. The lowest BCUT2D eigenvalue weighted by Crippen LogP contribution is -2.57. The van der Waals surface area contributed by atoms with Gasteiger partial charge in [0, 0.05) is 12.6 Å². The van der Waals surface area contributed by atoms with Gasteiger partial charge in [0.25, 0.3) is 0 Å². The monoisotopic (exact) mass is 225 g/mol. The zero-order valence-electron chi connectivity index (χ0n) is 11.1. The number of ether oxygens (including phenoxy) is 1. The van der Waals surface area contributed by atoms with E-state index >= 15 is 0 Å². The number of hydrogen-bond donors (Lipinski definition) is 1. The van der Waals surface area contributed by atoms with Crippen LogP contribution >= 0.6 is 0 Å². The highest BCUT2D eigenvalue weighted by atomic mass is 16.5. The molecule has 2 nitrogen and oxygen atoms in total. The average Bonchev–Trinajstić information content (AvgIpc) is 2.71. The van der Waals surface area contributed by atoms with Crippen LogP contribution in [0.15, 0.2) is 0 Å². The molecule has 1 aliphatic carbocycles. The molecule has 2 aliphatic rings. The minimum Gasteiger partial charge on any atom is -0.372 e. The van der Waals surface area contributed by atoms with E-state index in [-0.39, 0.29) is 5.60 Å². The Morgan fingerprint density at radius 1 is 1.31 bits per heavy atom. The van der Waals surface area contributed by atoms with Gasteiger partial charge in [-0.15, -0.1) is 0 Å². The first-order valence-corrected chi connectivity index (χ1v) is 6.95. The van der Waals surface area contributed by atoms with Gasteiger partial charge in [-0.05, 0) is 24.7 Å². The lowest BCUT2D eigenvalue weighted by Gasteiger charge is -2.45. The minimum absolute atomic E-state index is 0.185. The first-order chi connectivity index (χ1) is 7.58. The second-order valence-corrected chi connectivity index (χ2v) is 6.35. The van der Waals surface area contributed by atoms with Gasteiger partial charge in [0.05, 0.1) is 12.2 Å². The van der Waals surface area contributed by atoms with Gasteiger partial charge in [-0.3, -0.25) is 0 Å². The molecule has 1 N–H and O–H groups in total. The van der Waals surface area contributed by atoms with Crippen LogP contribution in [0.4, 0.5) is 0 Å². The molecule has 0 radical (unpaired) electrons. The van der Waals surface area contributed by atoms with Crippen molar-refractivity contribution in [3.05, 3.63) is 0 Å². The van der Waals surface area contributed by atoms with E-state index in [0.29, 0.717) is 11.5 Å². The number of morpholine rings is 1. The Labute approximate surface area is 100 Å². The smallest absolute Gasteiger partial charge is 0.0835 e. The highest BCUT2D eigenvalue weighted by Gasteiger charge is 2.45. The summed E-state index contributed by atoms with van der Waals surface area (Å²) in [5.74, 6) is 0. The van der Waals surface area contributed by atoms with Crippen LogP contribution < -0.4 is 5.32 Å². The minimum atomic E-state index is 0.185. The van der Waals surface area contributed by atoms with Gasteiger partial charge in [0.2, 0.25) is 0 Å². The topological polar surface area (TPSA) is 21.3 Å². The van der Waals surface area contributed by atoms with E-state index in [1.54, 1.807) is 0 Å². The molecular formula is C14H27NO. The fraction of sp³-hybridized carbons (Fsp3) is 1.00. The predicted octanol–water partition coefficient (Wildman–Crippen LogP) is 3.11. The van der Waals surface area contributed by atoms with Gasteiger partial charge in [0.15, 0.2) is 0 Å². The first-order valence-electron chi connectivity index (χ1n) is 6.95. The molecular weight excluding hydrogens is 198 g/mol. The van der Waals surface area contributed by atoms with Crippen molar-refractivity contribution < 1.29 is 4.74 Å². The van der Waals surface area contributed by atoms with Crippen LogP contribution in [0.25, 0.3) is 0 Å². The summed E-state index contributed by atoms with van der Waals surface area (Å²) in [5.41, 5.74) is 0.624. The van der Waals surface area contributed by atoms with Crippen LogP contribution in [0.1, 0.15) is 59.3 Å². The van der Waals surface area contributed by atoms with Crippen molar-refractivity contribution in [3.63, 3.8) is 0 Å². The summed E-state index contributed by atoms with van der Waals surface area (Å²) < 4.78 is 6.17. The summed E-state index contributed by atoms with van der Waals surface area (Å²) in [4.78, 5) is 0. The standard InChI is InChI=1S/C14H27NO/c1-4-13(2,3)11-12-14(7-5-6-8-14)16-10-9-15-12/h12,15H,4-11H2,1-3H3. The lowest BCUT2D eigenvalue weighted by atomic mass is 9.76. The molecule has 0 aromatic rings. The Balaban J connectivity index is 2.05. The van der Waals surface area contributed by atoms with Crippen LogP contribution in [0.2, 0.25) is 0 Å². The van der Waals surface area contributed by atoms with Crippen LogP contribution in [0.3, 0.4) is 0 Å². The Hall–Kier alpha value is -0.0800. The van der Waals surface area contributed by atoms with Crippen molar-refractivity contribution in [2.45, 2.75) is 70.9 Å². The molecule has 16 heavy (non-hydrogen) atoms. The normalized spacial score (nSPS) is 29.8.